The van der Waals surface area contributed by atoms with Crippen molar-refractivity contribution in [3.8, 4) is 5.69 Å². The first kappa shape index (κ1) is 18.7. The van der Waals surface area contributed by atoms with E-state index in [1.165, 1.54) is 18.4 Å². The number of rotatable bonds is 4. The zero-order valence-electron chi connectivity index (χ0n) is 16.0. The molecule has 1 aliphatic carbocycles. The van der Waals surface area contributed by atoms with Crippen LogP contribution in [0.4, 0.5) is 0 Å². The fourth-order valence-corrected chi connectivity index (χ4v) is 4.99. The van der Waals surface area contributed by atoms with Gasteiger partial charge >= 0.3 is 5.97 Å². The highest BCUT2D eigenvalue weighted by Crippen LogP contribution is 2.33. The molecule has 3 aromatic rings. The summed E-state index contributed by atoms with van der Waals surface area (Å²) >= 11 is 1.39. The average Bonchev–Trinajstić information content (AvgIpc) is 3.29. The summed E-state index contributed by atoms with van der Waals surface area (Å²) in [7, 11) is 1.38. The molecular formula is C21H23N3O3S. The van der Waals surface area contributed by atoms with E-state index in [4.69, 9.17) is 4.74 Å². The zero-order chi connectivity index (χ0) is 19.7. The van der Waals surface area contributed by atoms with Gasteiger partial charge < -0.3 is 10.1 Å². The predicted octanol–water partition coefficient (Wildman–Crippen LogP) is 4.00. The first-order valence-corrected chi connectivity index (χ1v) is 10.3. The first-order chi connectivity index (χ1) is 13.5. The van der Waals surface area contributed by atoms with Gasteiger partial charge in [-0.2, -0.15) is 5.10 Å². The third-order valence-corrected chi connectivity index (χ3v) is 6.51. The number of aromatic nitrogens is 2. The quantitative estimate of drug-likeness (QED) is 0.676. The molecule has 7 heteroatoms. The fraction of sp³-hybridized carbons (Fsp3) is 0.381. The van der Waals surface area contributed by atoms with E-state index in [0.29, 0.717) is 17.7 Å². The number of para-hydroxylation sites is 1. The fourth-order valence-electron chi connectivity index (χ4n) is 3.91. The van der Waals surface area contributed by atoms with Crippen molar-refractivity contribution >= 4 is 33.4 Å². The van der Waals surface area contributed by atoms with E-state index in [1.54, 1.807) is 0 Å². The summed E-state index contributed by atoms with van der Waals surface area (Å²) in [5.41, 5.74) is 0.906. The third kappa shape index (κ3) is 3.20. The van der Waals surface area contributed by atoms with Crippen molar-refractivity contribution in [3.63, 3.8) is 0 Å². The normalized spacial score (nSPS) is 16.1. The second-order valence-corrected chi connectivity index (χ2v) is 8.28. The summed E-state index contributed by atoms with van der Waals surface area (Å²) in [5.74, 6) is -0.583. The number of nitrogens with zero attached hydrogens (tertiary/aromatic N) is 2. The molecule has 1 N–H and O–H groups in total. The summed E-state index contributed by atoms with van der Waals surface area (Å²) in [6.45, 7) is 1.94. The van der Waals surface area contributed by atoms with Gasteiger partial charge in [0.1, 0.15) is 10.4 Å². The minimum absolute atomic E-state index is 0.229. The Morgan fingerprint density at radius 1 is 1.18 bits per heavy atom. The monoisotopic (exact) mass is 397 g/mol. The Labute approximate surface area is 167 Å². The largest absolute Gasteiger partial charge is 0.467 e. The molecule has 0 radical (unpaired) electrons. The highest BCUT2D eigenvalue weighted by atomic mass is 32.1. The highest BCUT2D eigenvalue weighted by molar-refractivity contribution is 7.20. The first-order valence-electron chi connectivity index (χ1n) is 9.49. The van der Waals surface area contributed by atoms with E-state index in [2.05, 4.69) is 10.4 Å². The molecule has 0 bridgehead atoms. The molecule has 2 aromatic heterocycles. The molecule has 1 fully saturated rings. The van der Waals surface area contributed by atoms with E-state index >= 15 is 0 Å². The third-order valence-electron chi connectivity index (χ3n) is 5.41. The molecule has 2 heterocycles. The molecular weight excluding hydrogens is 374 g/mol. The Morgan fingerprint density at radius 3 is 2.57 bits per heavy atom. The van der Waals surface area contributed by atoms with Crippen LogP contribution in [0.2, 0.25) is 0 Å². The number of esters is 1. The molecule has 4 rings (SSSR count). The topological polar surface area (TPSA) is 73.2 Å². The lowest BCUT2D eigenvalue weighted by molar-refractivity contribution is -0.149. The minimum atomic E-state index is -0.916. The van der Waals surface area contributed by atoms with Crippen molar-refractivity contribution in [2.24, 2.45) is 0 Å². The molecule has 1 saturated carbocycles. The number of benzene rings is 1. The van der Waals surface area contributed by atoms with Crippen LogP contribution < -0.4 is 5.32 Å². The van der Waals surface area contributed by atoms with E-state index < -0.39 is 5.54 Å². The van der Waals surface area contributed by atoms with Crippen molar-refractivity contribution < 1.29 is 14.3 Å². The van der Waals surface area contributed by atoms with Crippen molar-refractivity contribution in [2.45, 2.75) is 44.6 Å². The second-order valence-electron chi connectivity index (χ2n) is 7.25. The van der Waals surface area contributed by atoms with Gasteiger partial charge in [-0.05, 0) is 38.0 Å². The maximum atomic E-state index is 13.0. The number of hydrogen-bond acceptors (Lipinski definition) is 5. The van der Waals surface area contributed by atoms with Crippen LogP contribution in [0.1, 0.15) is 47.5 Å². The van der Waals surface area contributed by atoms with Gasteiger partial charge in [0.15, 0.2) is 0 Å². The molecule has 28 heavy (non-hydrogen) atoms. The Bertz CT molecular complexity index is 1020. The number of aryl methyl sites for hydroxylation is 1. The summed E-state index contributed by atoms with van der Waals surface area (Å²) in [5, 5.41) is 8.56. The Morgan fingerprint density at radius 2 is 1.89 bits per heavy atom. The van der Waals surface area contributed by atoms with Crippen LogP contribution in [-0.2, 0) is 9.53 Å². The zero-order valence-corrected chi connectivity index (χ0v) is 16.8. The number of nitrogens with one attached hydrogen (secondary N) is 1. The van der Waals surface area contributed by atoms with Crippen LogP contribution in [0.15, 0.2) is 36.4 Å². The number of carbonyl (C=O) groups excluding carboxylic acids is 2. The number of fused-ring (bicyclic) bond motifs is 1. The summed E-state index contributed by atoms with van der Waals surface area (Å²) in [6.07, 6.45) is 4.12. The molecule has 0 atom stereocenters. The van der Waals surface area contributed by atoms with Crippen molar-refractivity contribution in [1.82, 2.24) is 15.1 Å². The molecule has 0 saturated heterocycles. The van der Waals surface area contributed by atoms with Crippen molar-refractivity contribution in [2.75, 3.05) is 7.11 Å². The molecule has 0 spiro atoms. The molecule has 1 aliphatic rings. The Balaban J connectivity index is 1.67. The van der Waals surface area contributed by atoms with Gasteiger partial charge in [-0.15, -0.1) is 11.3 Å². The summed E-state index contributed by atoms with van der Waals surface area (Å²) in [4.78, 5) is 26.9. The lowest BCUT2D eigenvalue weighted by Crippen LogP contribution is -2.56. The van der Waals surface area contributed by atoms with Gasteiger partial charge in [-0.1, -0.05) is 37.5 Å². The van der Waals surface area contributed by atoms with Gasteiger partial charge in [0.2, 0.25) is 0 Å². The standard InChI is InChI=1S/C21H23N3O3S/c1-14-16-13-17(28-19(16)24(23-14)15-9-5-3-6-10-15)18(25)22-21(20(26)27-2)11-7-4-8-12-21/h3,5-6,9-10,13H,4,7-8,11-12H2,1-2H3,(H,22,25). The smallest absolute Gasteiger partial charge is 0.331 e. The lowest BCUT2D eigenvalue weighted by atomic mass is 9.81. The van der Waals surface area contributed by atoms with E-state index in [0.717, 1.165) is 40.9 Å². The van der Waals surface area contributed by atoms with E-state index in [1.807, 2.05) is 48.0 Å². The SMILES string of the molecule is COC(=O)C1(NC(=O)c2cc3c(C)nn(-c4ccccc4)c3s2)CCCCC1. The maximum Gasteiger partial charge on any atom is 0.331 e. The lowest BCUT2D eigenvalue weighted by Gasteiger charge is -2.35. The van der Waals surface area contributed by atoms with Crippen LogP contribution in [0.5, 0.6) is 0 Å². The average molecular weight is 398 g/mol. The van der Waals surface area contributed by atoms with Gasteiger partial charge in [0, 0.05) is 5.39 Å². The second kappa shape index (κ2) is 7.39. The number of methoxy groups -OCH3 is 1. The Kier molecular flexibility index (Phi) is 4.93. The maximum absolute atomic E-state index is 13.0. The predicted molar refractivity (Wildman–Crippen MR) is 109 cm³/mol. The summed E-state index contributed by atoms with van der Waals surface area (Å²) in [6, 6.07) is 11.7. The van der Waals surface area contributed by atoms with Crippen molar-refractivity contribution in [1.29, 1.82) is 0 Å². The molecule has 6 nitrogen and oxygen atoms in total. The van der Waals surface area contributed by atoms with Crippen LogP contribution in [0.3, 0.4) is 0 Å². The van der Waals surface area contributed by atoms with Gasteiger partial charge in [-0.25, -0.2) is 9.48 Å². The number of amides is 1. The molecule has 1 amide bonds. The van der Waals surface area contributed by atoms with Crippen LogP contribution in [0, 0.1) is 6.92 Å². The van der Waals surface area contributed by atoms with Crippen LogP contribution in [-0.4, -0.2) is 34.3 Å². The van der Waals surface area contributed by atoms with Crippen LogP contribution in [0.25, 0.3) is 15.9 Å². The molecule has 146 valence electrons. The number of hydrogen-bond donors (Lipinski definition) is 1. The van der Waals surface area contributed by atoms with Crippen molar-refractivity contribution in [3.05, 3.63) is 47.0 Å². The Hall–Kier alpha value is -2.67. The summed E-state index contributed by atoms with van der Waals surface area (Å²) < 4.78 is 6.87. The number of carbonyl (C=O) groups is 2. The van der Waals surface area contributed by atoms with Gasteiger partial charge in [0.25, 0.3) is 5.91 Å². The van der Waals surface area contributed by atoms with Gasteiger partial charge in [0.05, 0.1) is 23.4 Å². The molecule has 0 unspecified atom stereocenters. The van der Waals surface area contributed by atoms with Crippen LogP contribution >= 0.6 is 11.3 Å². The van der Waals surface area contributed by atoms with E-state index in [-0.39, 0.29) is 11.9 Å². The highest BCUT2D eigenvalue weighted by Gasteiger charge is 2.42. The molecule has 0 aliphatic heterocycles. The minimum Gasteiger partial charge on any atom is -0.467 e. The number of ether oxygens (including phenoxy) is 1. The van der Waals surface area contributed by atoms with E-state index in [9.17, 15) is 9.59 Å². The number of thiophene rings is 1. The molecule has 1 aromatic carbocycles. The van der Waals surface area contributed by atoms with Gasteiger partial charge in [-0.3, -0.25) is 4.79 Å².